The highest BCUT2D eigenvalue weighted by Crippen LogP contribution is 2.23. The molecule has 0 spiro atoms. The van der Waals surface area contributed by atoms with E-state index in [2.05, 4.69) is 10.4 Å². The summed E-state index contributed by atoms with van der Waals surface area (Å²) in [6.07, 6.45) is 9.70. The fourth-order valence-electron chi connectivity index (χ4n) is 2.82. The minimum absolute atomic E-state index is 0.134. The molecular formula is C14H24N4O. The normalized spacial score (nSPS) is 23.3. The number of amides is 1. The van der Waals surface area contributed by atoms with E-state index in [9.17, 15) is 4.79 Å². The first-order chi connectivity index (χ1) is 9.19. The quantitative estimate of drug-likeness (QED) is 0.833. The molecule has 5 heteroatoms. The summed E-state index contributed by atoms with van der Waals surface area (Å²) in [6, 6.07) is 0.278. The molecule has 2 unspecified atom stereocenters. The molecule has 1 aliphatic carbocycles. The fraction of sp³-hybridized carbons (Fsp3) is 0.714. The first-order valence-corrected chi connectivity index (χ1v) is 7.16. The third-order valence-electron chi connectivity index (χ3n) is 3.96. The van der Waals surface area contributed by atoms with Gasteiger partial charge in [0.2, 0.25) is 5.91 Å². The summed E-state index contributed by atoms with van der Waals surface area (Å²) in [5, 5.41) is 7.25. The van der Waals surface area contributed by atoms with Crippen LogP contribution in [0.2, 0.25) is 0 Å². The number of hydrogen-bond donors (Lipinski definition) is 2. The van der Waals surface area contributed by atoms with Crippen LogP contribution in [0.25, 0.3) is 0 Å². The Kier molecular flexibility index (Phi) is 4.96. The third-order valence-corrected chi connectivity index (χ3v) is 3.96. The van der Waals surface area contributed by atoms with Crippen molar-refractivity contribution in [3.8, 4) is 0 Å². The average molecular weight is 264 g/mol. The molecule has 1 heterocycles. The van der Waals surface area contributed by atoms with Crippen LogP contribution >= 0.6 is 0 Å². The number of aryl methyl sites for hydroxylation is 2. The lowest BCUT2D eigenvalue weighted by Crippen LogP contribution is -2.44. The summed E-state index contributed by atoms with van der Waals surface area (Å²) in [6.45, 7) is 0.674. The molecule has 3 N–H and O–H groups in total. The number of rotatable bonds is 5. The molecule has 1 aromatic rings. The van der Waals surface area contributed by atoms with Crippen molar-refractivity contribution >= 4 is 5.91 Å². The van der Waals surface area contributed by atoms with E-state index < -0.39 is 0 Å². The van der Waals surface area contributed by atoms with E-state index in [1.165, 1.54) is 12.8 Å². The topological polar surface area (TPSA) is 72.9 Å². The van der Waals surface area contributed by atoms with Crippen molar-refractivity contribution in [2.24, 2.45) is 18.7 Å². The summed E-state index contributed by atoms with van der Waals surface area (Å²) in [7, 11) is 1.89. The fourth-order valence-corrected chi connectivity index (χ4v) is 2.82. The van der Waals surface area contributed by atoms with Crippen molar-refractivity contribution in [2.45, 2.75) is 44.6 Å². The van der Waals surface area contributed by atoms with E-state index in [-0.39, 0.29) is 11.9 Å². The van der Waals surface area contributed by atoms with Gasteiger partial charge < -0.3 is 11.1 Å². The van der Waals surface area contributed by atoms with Crippen molar-refractivity contribution in [2.75, 3.05) is 6.54 Å². The van der Waals surface area contributed by atoms with E-state index in [4.69, 9.17) is 5.73 Å². The van der Waals surface area contributed by atoms with E-state index >= 15 is 0 Å². The second-order valence-corrected chi connectivity index (χ2v) is 5.48. The van der Waals surface area contributed by atoms with Gasteiger partial charge in [-0.3, -0.25) is 9.48 Å². The van der Waals surface area contributed by atoms with Crippen LogP contribution in [0.3, 0.4) is 0 Å². The zero-order valence-electron chi connectivity index (χ0n) is 11.6. The molecular weight excluding hydrogens is 240 g/mol. The number of carbonyl (C=O) groups is 1. The predicted molar refractivity (Wildman–Crippen MR) is 74.5 cm³/mol. The molecule has 1 fully saturated rings. The zero-order valence-corrected chi connectivity index (χ0v) is 11.6. The number of nitrogens with two attached hydrogens (primary N) is 1. The molecule has 0 bridgehead atoms. The van der Waals surface area contributed by atoms with E-state index in [0.29, 0.717) is 18.9 Å². The van der Waals surface area contributed by atoms with Crippen molar-refractivity contribution in [1.82, 2.24) is 15.1 Å². The summed E-state index contributed by atoms with van der Waals surface area (Å²) in [5.74, 6) is 0.588. The Morgan fingerprint density at radius 2 is 2.32 bits per heavy atom. The zero-order chi connectivity index (χ0) is 13.7. The Morgan fingerprint density at radius 3 is 3.00 bits per heavy atom. The molecule has 0 saturated heterocycles. The smallest absolute Gasteiger partial charge is 0.220 e. The van der Waals surface area contributed by atoms with Crippen molar-refractivity contribution in [1.29, 1.82) is 0 Å². The Bertz CT molecular complexity index is 415. The lowest BCUT2D eigenvalue weighted by Gasteiger charge is -2.31. The molecule has 2 rings (SSSR count). The predicted octanol–water partition coefficient (Wildman–Crippen LogP) is 0.986. The first kappa shape index (κ1) is 14.1. The molecule has 106 valence electrons. The Morgan fingerprint density at radius 1 is 1.53 bits per heavy atom. The van der Waals surface area contributed by atoms with E-state index in [0.717, 1.165) is 24.8 Å². The lowest BCUT2D eigenvalue weighted by atomic mass is 9.84. The molecule has 1 saturated carbocycles. The number of nitrogens with one attached hydrogen (secondary N) is 1. The third kappa shape index (κ3) is 4.06. The molecule has 1 aromatic heterocycles. The second-order valence-electron chi connectivity index (χ2n) is 5.48. The number of hydrogen-bond acceptors (Lipinski definition) is 3. The van der Waals surface area contributed by atoms with E-state index in [1.54, 1.807) is 4.68 Å². The van der Waals surface area contributed by atoms with Gasteiger partial charge in [0.15, 0.2) is 0 Å². The van der Waals surface area contributed by atoms with Crippen LogP contribution in [0.1, 0.15) is 37.7 Å². The van der Waals surface area contributed by atoms with Gasteiger partial charge in [0.05, 0.1) is 6.20 Å². The van der Waals surface area contributed by atoms with Gasteiger partial charge in [0, 0.05) is 25.7 Å². The number of nitrogens with zero attached hydrogens (tertiary/aromatic N) is 2. The highest BCUT2D eigenvalue weighted by atomic mass is 16.1. The van der Waals surface area contributed by atoms with Crippen molar-refractivity contribution in [3.05, 3.63) is 18.0 Å². The minimum atomic E-state index is 0.134. The minimum Gasteiger partial charge on any atom is -0.353 e. The van der Waals surface area contributed by atoms with Gasteiger partial charge in [0.1, 0.15) is 0 Å². The maximum Gasteiger partial charge on any atom is 0.220 e. The number of carbonyl (C=O) groups excluding carboxylic acids is 1. The lowest BCUT2D eigenvalue weighted by molar-refractivity contribution is -0.122. The maximum absolute atomic E-state index is 12.0. The van der Waals surface area contributed by atoms with Crippen LogP contribution in [0.4, 0.5) is 0 Å². The highest BCUT2D eigenvalue weighted by Gasteiger charge is 2.24. The van der Waals surface area contributed by atoms with Gasteiger partial charge >= 0.3 is 0 Å². The van der Waals surface area contributed by atoms with Crippen molar-refractivity contribution < 1.29 is 4.79 Å². The Hall–Kier alpha value is -1.36. The first-order valence-electron chi connectivity index (χ1n) is 7.16. The van der Waals surface area contributed by atoms with Gasteiger partial charge in [-0.2, -0.15) is 5.10 Å². The van der Waals surface area contributed by atoms with Crippen LogP contribution in [-0.2, 0) is 18.3 Å². The van der Waals surface area contributed by atoms with Crippen LogP contribution in [0.15, 0.2) is 12.4 Å². The monoisotopic (exact) mass is 264 g/mol. The Labute approximate surface area is 114 Å². The van der Waals surface area contributed by atoms with Gasteiger partial charge in [-0.05, 0) is 37.3 Å². The van der Waals surface area contributed by atoms with Gasteiger partial charge in [0.25, 0.3) is 0 Å². The molecule has 1 aliphatic rings. The molecule has 0 radical (unpaired) electrons. The molecule has 1 amide bonds. The van der Waals surface area contributed by atoms with Crippen LogP contribution in [-0.4, -0.2) is 28.3 Å². The summed E-state index contributed by atoms with van der Waals surface area (Å²) in [4.78, 5) is 12.0. The van der Waals surface area contributed by atoms with Gasteiger partial charge in [-0.1, -0.05) is 12.8 Å². The summed E-state index contributed by atoms with van der Waals surface area (Å²) >= 11 is 0. The van der Waals surface area contributed by atoms with Crippen molar-refractivity contribution in [3.63, 3.8) is 0 Å². The van der Waals surface area contributed by atoms with Crippen LogP contribution in [0, 0.1) is 5.92 Å². The second kappa shape index (κ2) is 6.70. The molecule has 5 nitrogen and oxygen atoms in total. The molecule has 0 aliphatic heterocycles. The molecule has 19 heavy (non-hydrogen) atoms. The summed E-state index contributed by atoms with van der Waals surface area (Å²) in [5.41, 5.74) is 6.88. The SMILES string of the molecule is Cn1cc(CCC(=O)NC2CCCCC2CN)cn1. The maximum atomic E-state index is 12.0. The highest BCUT2D eigenvalue weighted by molar-refractivity contribution is 5.76. The van der Waals surface area contributed by atoms with Crippen LogP contribution in [0.5, 0.6) is 0 Å². The van der Waals surface area contributed by atoms with E-state index in [1.807, 2.05) is 19.4 Å². The largest absolute Gasteiger partial charge is 0.353 e. The number of aromatic nitrogens is 2. The summed E-state index contributed by atoms with van der Waals surface area (Å²) < 4.78 is 1.76. The average Bonchev–Trinajstić information content (AvgIpc) is 2.83. The Balaban J connectivity index is 1.77. The standard InChI is InChI=1S/C14H24N4O/c1-18-10-11(9-16-18)6-7-14(19)17-13-5-3-2-4-12(13)8-15/h9-10,12-13H,2-8,15H2,1H3,(H,17,19). The van der Waals surface area contributed by atoms with Gasteiger partial charge in [-0.25, -0.2) is 0 Å². The van der Waals surface area contributed by atoms with Gasteiger partial charge in [-0.15, -0.1) is 0 Å². The molecule has 2 atom stereocenters. The van der Waals surface area contributed by atoms with Crippen LogP contribution < -0.4 is 11.1 Å². The molecule has 0 aromatic carbocycles.